The van der Waals surface area contributed by atoms with Gasteiger partial charge < -0.3 is 5.32 Å². The van der Waals surface area contributed by atoms with Gasteiger partial charge in [0.25, 0.3) is 0 Å². The number of thioether (sulfide) groups is 1. The Morgan fingerprint density at radius 2 is 1.97 bits per heavy atom. The molecule has 3 aromatic heterocycles. The van der Waals surface area contributed by atoms with E-state index in [0.717, 1.165) is 11.3 Å². The molecule has 158 valence electrons. The number of amides is 1. The van der Waals surface area contributed by atoms with Gasteiger partial charge in [-0.05, 0) is 24.3 Å². The van der Waals surface area contributed by atoms with Crippen molar-refractivity contribution in [2.75, 3.05) is 11.1 Å². The van der Waals surface area contributed by atoms with Crippen LogP contribution in [0.15, 0.2) is 78.9 Å². The molecule has 0 bridgehead atoms. The van der Waals surface area contributed by atoms with Crippen molar-refractivity contribution in [3.63, 3.8) is 0 Å². The second kappa shape index (κ2) is 9.72. The fourth-order valence-electron chi connectivity index (χ4n) is 3.02. The Kier molecular flexibility index (Phi) is 6.38. The number of anilines is 1. The molecule has 1 amide bonds. The van der Waals surface area contributed by atoms with E-state index in [0.29, 0.717) is 23.3 Å². The minimum Gasteiger partial charge on any atom is -0.309 e. The van der Waals surface area contributed by atoms with Crippen molar-refractivity contribution in [2.45, 2.75) is 11.7 Å². The minimum atomic E-state index is -0.289. The minimum absolute atomic E-state index is 0.0798. The van der Waals surface area contributed by atoms with Crippen molar-refractivity contribution in [1.29, 1.82) is 5.26 Å². The number of para-hydroxylation sites is 1. The summed E-state index contributed by atoms with van der Waals surface area (Å²) >= 11 is 1.25. The number of hydrogen-bond acceptors (Lipinski definition) is 7. The molecule has 0 unspecified atom stereocenters. The van der Waals surface area contributed by atoms with Gasteiger partial charge in [0.1, 0.15) is 11.6 Å². The molecule has 4 aromatic rings. The van der Waals surface area contributed by atoms with Crippen LogP contribution in [0.4, 0.5) is 5.82 Å². The van der Waals surface area contributed by atoms with Crippen LogP contribution >= 0.6 is 11.8 Å². The number of nitriles is 1. The predicted octanol–water partition coefficient (Wildman–Crippen LogP) is 3.31. The summed E-state index contributed by atoms with van der Waals surface area (Å²) in [7, 11) is 0. The number of carbonyl (C=O) groups is 1. The summed E-state index contributed by atoms with van der Waals surface area (Å²) in [4.78, 5) is 16.7. The normalized spacial score (nSPS) is 10.5. The molecule has 10 heteroatoms. The van der Waals surface area contributed by atoms with E-state index in [1.54, 1.807) is 18.5 Å². The summed E-state index contributed by atoms with van der Waals surface area (Å²) in [5.74, 6) is 0.789. The molecule has 0 radical (unpaired) electrons. The smallest absolute Gasteiger partial charge is 0.236 e. The van der Waals surface area contributed by atoms with Crippen molar-refractivity contribution in [3.8, 4) is 23.1 Å². The second-order valence-corrected chi connectivity index (χ2v) is 7.49. The fraction of sp³-hybridized carbons (Fsp3) is 0.0909. The summed E-state index contributed by atoms with van der Waals surface area (Å²) in [6.07, 6.45) is 6.55. The van der Waals surface area contributed by atoms with E-state index in [-0.39, 0.29) is 17.2 Å². The van der Waals surface area contributed by atoms with Crippen LogP contribution in [0.2, 0.25) is 0 Å². The van der Waals surface area contributed by atoms with Crippen LogP contribution in [0, 0.1) is 11.3 Å². The van der Waals surface area contributed by atoms with Gasteiger partial charge in [0, 0.05) is 24.5 Å². The average Bonchev–Trinajstić information content (AvgIpc) is 3.43. The van der Waals surface area contributed by atoms with Crippen LogP contribution in [0.3, 0.4) is 0 Å². The van der Waals surface area contributed by atoms with E-state index in [9.17, 15) is 10.1 Å². The van der Waals surface area contributed by atoms with Crippen LogP contribution in [0.1, 0.15) is 5.56 Å². The van der Waals surface area contributed by atoms with Crippen LogP contribution in [0.25, 0.3) is 17.1 Å². The van der Waals surface area contributed by atoms with E-state index < -0.39 is 0 Å². The maximum absolute atomic E-state index is 12.7. The summed E-state index contributed by atoms with van der Waals surface area (Å²) in [6, 6.07) is 15.0. The molecule has 4 rings (SSSR count). The van der Waals surface area contributed by atoms with Crippen molar-refractivity contribution in [1.82, 2.24) is 29.5 Å². The SMILES string of the molecule is C=CCn1c(SCC(=O)Nc2c(C#N)cnn2-c2ccccc2)nnc1-c1ccncc1. The standard InChI is InChI=1S/C22H18N8OS/c1-2-12-29-21(16-8-10-24-11-9-16)27-28-22(29)32-15-19(31)26-20-17(13-23)14-25-30(20)18-6-4-3-5-7-18/h2-11,14H,1,12,15H2,(H,26,31). The molecule has 1 aromatic carbocycles. The van der Waals surface area contributed by atoms with Gasteiger partial charge in [0.2, 0.25) is 5.91 Å². The van der Waals surface area contributed by atoms with Gasteiger partial charge in [-0.1, -0.05) is 36.0 Å². The summed E-state index contributed by atoms with van der Waals surface area (Å²) in [5.41, 5.74) is 1.89. The third-order valence-corrected chi connectivity index (χ3v) is 5.41. The first kappa shape index (κ1) is 21.0. The number of allylic oxidation sites excluding steroid dienone is 1. The monoisotopic (exact) mass is 442 g/mol. The Labute approximate surface area is 188 Å². The molecular formula is C22H18N8OS. The van der Waals surface area contributed by atoms with E-state index in [4.69, 9.17) is 0 Å². The maximum Gasteiger partial charge on any atom is 0.236 e. The number of pyridine rings is 1. The van der Waals surface area contributed by atoms with Crippen molar-refractivity contribution in [3.05, 3.63) is 79.3 Å². The molecule has 0 aliphatic carbocycles. The molecular weight excluding hydrogens is 424 g/mol. The summed E-state index contributed by atoms with van der Waals surface area (Å²) in [5, 5.41) is 25.5. The first-order valence-corrected chi connectivity index (χ1v) is 10.6. The highest BCUT2D eigenvalue weighted by Crippen LogP contribution is 2.25. The molecule has 0 fully saturated rings. The fourth-order valence-corrected chi connectivity index (χ4v) is 3.77. The van der Waals surface area contributed by atoms with Gasteiger partial charge in [-0.15, -0.1) is 16.8 Å². The van der Waals surface area contributed by atoms with Gasteiger partial charge >= 0.3 is 0 Å². The quantitative estimate of drug-likeness (QED) is 0.329. The van der Waals surface area contributed by atoms with Crippen LogP contribution < -0.4 is 5.32 Å². The molecule has 0 aliphatic heterocycles. The lowest BCUT2D eigenvalue weighted by Crippen LogP contribution is -2.18. The lowest BCUT2D eigenvalue weighted by Gasteiger charge is -2.10. The Balaban J connectivity index is 1.51. The number of rotatable bonds is 8. The predicted molar refractivity (Wildman–Crippen MR) is 121 cm³/mol. The Morgan fingerprint density at radius 3 is 2.69 bits per heavy atom. The highest BCUT2D eigenvalue weighted by molar-refractivity contribution is 7.99. The molecule has 3 heterocycles. The summed E-state index contributed by atoms with van der Waals surface area (Å²) in [6.45, 7) is 4.29. The Hall–Kier alpha value is -4.23. The van der Waals surface area contributed by atoms with Gasteiger partial charge in [-0.25, -0.2) is 4.68 Å². The van der Waals surface area contributed by atoms with Crippen LogP contribution in [-0.4, -0.2) is 41.2 Å². The second-order valence-electron chi connectivity index (χ2n) is 6.54. The number of hydrogen-bond donors (Lipinski definition) is 1. The number of benzene rings is 1. The first-order chi connectivity index (χ1) is 15.7. The van der Waals surface area contributed by atoms with Crippen molar-refractivity contribution in [2.24, 2.45) is 0 Å². The lowest BCUT2D eigenvalue weighted by atomic mass is 10.2. The van der Waals surface area contributed by atoms with Gasteiger partial charge in [-0.3, -0.25) is 14.3 Å². The maximum atomic E-state index is 12.7. The van der Waals surface area contributed by atoms with E-state index in [1.165, 1.54) is 22.6 Å². The molecule has 1 N–H and O–H groups in total. The van der Waals surface area contributed by atoms with Crippen molar-refractivity contribution < 1.29 is 4.79 Å². The zero-order valence-electron chi connectivity index (χ0n) is 16.9. The largest absolute Gasteiger partial charge is 0.309 e. The molecule has 0 saturated heterocycles. The Morgan fingerprint density at radius 1 is 1.19 bits per heavy atom. The molecule has 9 nitrogen and oxygen atoms in total. The summed E-state index contributed by atoms with van der Waals surface area (Å²) < 4.78 is 3.41. The number of nitrogens with zero attached hydrogens (tertiary/aromatic N) is 7. The van der Waals surface area contributed by atoms with E-state index in [1.807, 2.05) is 47.0 Å². The molecule has 32 heavy (non-hydrogen) atoms. The average molecular weight is 443 g/mol. The van der Waals surface area contributed by atoms with Crippen LogP contribution in [-0.2, 0) is 11.3 Å². The van der Waals surface area contributed by atoms with Crippen LogP contribution in [0.5, 0.6) is 0 Å². The van der Waals surface area contributed by atoms with E-state index in [2.05, 4.69) is 38.2 Å². The number of nitrogens with one attached hydrogen (secondary N) is 1. The zero-order valence-corrected chi connectivity index (χ0v) is 17.7. The number of carbonyl (C=O) groups excluding carboxylic acids is 1. The molecule has 0 spiro atoms. The topological polar surface area (TPSA) is 114 Å². The molecule has 0 atom stereocenters. The Bertz CT molecular complexity index is 1270. The zero-order chi connectivity index (χ0) is 22.3. The molecule has 0 saturated carbocycles. The van der Waals surface area contributed by atoms with E-state index >= 15 is 0 Å². The highest BCUT2D eigenvalue weighted by Gasteiger charge is 2.18. The first-order valence-electron chi connectivity index (χ1n) is 9.62. The van der Waals surface area contributed by atoms with Gasteiger partial charge in [0.15, 0.2) is 16.8 Å². The van der Waals surface area contributed by atoms with Gasteiger partial charge in [-0.2, -0.15) is 10.4 Å². The highest BCUT2D eigenvalue weighted by atomic mass is 32.2. The number of aromatic nitrogens is 6. The third kappa shape index (κ3) is 4.43. The van der Waals surface area contributed by atoms with Gasteiger partial charge in [0.05, 0.1) is 17.6 Å². The van der Waals surface area contributed by atoms with Crippen molar-refractivity contribution >= 4 is 23.5 Å². The molecule has 0 aliphatic rings. The lowest BCUT2D eigenvalue weighted by molar-refractivity contribution is -0.113. The third-order valence-electron chi connectivity index (χ3n) is 4.45.